The molecular weight excluding hydrogens is 442 g/mol. The average Bonchev–Trinajstić information content (AvgIpc) is 3.21. The Morgan fingerprint density at radius 3 is 2.74 bits per heavy atom. The lowest BCUT2D eigenvalue weighted by Crippen LogP contribution is -2.47. The van der Waals surface area contributed by atoms with Gasteiger partial charge in [0.2, 0.25) is 10.0 Å². The Kier molecular flexibility index (Phi) is 7.84. The number of benzene rings is 1. The average molecular weight is 468 g/mol. The molecule has 0 amide bonds. The lowest BCUT2D eigenvalue weighted by Gasteiger charge is -2.19. The van der Waals surface area contributed by atoms with Crippen molar-refractivity contribution < 1.29 is 22.7 Å². The first kappa shape index (κ1) is 23.4. The molecule has 1 aromatic carbocycles. The minimum Gasteiger partial charge on any atom is -0.392 e. The van der Waals surface area contributed by atoms with Gasteiger partial charge in [-0.05, 0) is 50.6 Å². The Hall–Kier alpha value is -2.25. The molecule has 2 aromatic rings. The van der Waals surface area contributed by atoms with Crippen molar-refractivity contribution in [1.82, 2.24) is 20.2 Å². The Morgan fingerprint density at radius 2 is 2.06 bits per heavy atom. The summed E-state index contributed by atoms with van der Waals surface area (Å²) >= 11 is 1.32. The van der Waals surface area contributed by atoms with Crippen molar-refractivity contribution in [2.45, 2.75) is 43.0 Å². The van der Waals surface area contributed by atoms with Crippen LogP contribution in [-0.4, -0.2) is 56.2 Å². The number of esters is 2. The number of carbonyl (C=O) groups excluding carboxylic acids is 2. The van der Waals surface area contributed by atoms with Crippen molar-refractivity contribution in [2.75, 3.05) is 19.6 Å². The number of nitrogens with one attached hydrogen (secondary N) is 2. The molecule has 3 rings (SSSR count). The molecule has 0 saturated carbocycles. The second-order valence-electron chi connectivity index (χ2n) is 7.25. The fourth-order valence-corrected chi connectivity index (χ4v) is 5.44. The fourth-order valence-electron chi connectivity index (χ4n) is 3.15. The monoisotopic (exact) mass is 467 g/mol. The van der Waals surface area contributed by atoms with Crippen LogP contribution >= 0.6 is 11.3 Å². The minimum atomic E-state index is -4.01. The highest BCUT2D eigenvalue weighted by molar-refractivity contribution is 7.89. The van der Waals surface area contributed by atoms with E-state index >= 15 is 0 Å². The van der Waals surface area contributed by atoms with Crippen molar-refractivity contribution in [3.8, 4) is 0 Å². The minimum absolute atomic E-state index is 0.00983. The van der Waals surface area contributed by atoms with Crippen LogP contribution in [0, 0.1) is 6.92 Å². The summed E-state index contributed by atoms with van der Waals surface area (Å²) in [5, 5.41) is 12.7. The number of ether oxygens (including phenoxy) is 1. The molecule has 2 heterocycles. The van der Waals surface area contributed by atoms with Crippen LogP contribution in [0.25, 0.3) is 0 Å². The predicted molar refractivity (Wildman–Crippen MR) is 114 cm³/mol. The van der Waals surface area contributed by atoms with Gasteiger partial charge in [0.1, 0.15) is 22.5 Å². The third kappa shape index (κ3) is 6.37. The van der Waals surface area contributed by atoms with E-state index in [1.54, 1.807) is 19.1 Å². The first-order valence-corrected chi connectivity index (χ1v) is 12.1. The number of rotatable bonds is 8. The summed E-state index contributed by atoms with van der Waals surface area (Å²) in [4.78, 5) is 24.5. The Morgan fingerprint density at radius 1 is 1.32 bits per heavy atom. The highest BCUT2D eigenvalue weighted by Crippen LogP contribution is 2.27. The van der Waals surface area contributed by atoms with E-state index in [4.69, 9.17) is 10.5 Å². The summed E-state index contributed by atoms with van der Waals surface area (Å²) in [6.07, 6.45) is 1.68. The predicted octanol–water partition coefficient (Wildman–Crippen LogP) is 0.232. The highest BCUT2D eigenvalue weighted by Gasteiger charge is 2.28. The maximum absolute atomic E-state index is 12.5. The molecule has 1 aromatic heterocycles. The number of hydrogen-bond acceptors (Lipinski definition) is 10. The van der Waals surface area contributed by atoms with Crippen molar-refractivity contribution in [1.29, 1.82) is 0 Å². The SMILES string of the molecule is Cc1cccc(S(=O)(=O)NC(CN)C(=O)OC(=O)Cc2nnc(C3CCNCC3)s2)c1. The molecule has 0 bridgehead atoms. The second-order valence-corrected chi connectivity index (χ2v) is 10.1. The summed E-state index contributed by atoms with van der Waals surface area (Å²) in [6, 6.07) is 4.80. The first-order chi connectivity index (χ1) is 14.8. The summed E-state index contributed by atoms with van der Waals surface area (Å²) in [5.41, 5.74) is 6.28. The Bertz CT molecular complexity index is 1030. The summed E-state index contributed by atoms with van der Waals surface area (Å²) in [6.45, 7) is 3.20. The summed E-state index contributed by atoms with van der Waals surface area (Å²) < 4.78 is 32.0. The van der Waals surface area contributed by atoms with Crippen molar-refractivity contribution in [2.24, 2.45) is 5.73 Å². The molecule has 0 spiro atoms. The Balaban J connectivity index is 1.57. The number of nitrogens with two attached hydrogens (primary N) is 1. The van der Waals surface area contributed by atoms with Crippen LogP contribution in [0.5, 0.6) is 0 Å². The first-order valence-electron chi connectivity index (χ1n) is 9.85. The van der Waals surface area contributed by atoms with Crippen molar-refractivity contribution >= 4 is 33.3 Å². The molecule has 10 nitrogen and oxygen atoms in total. The molecule has 168 valence electrons. The van der Waals surface area contributed by atoms with Gasteiger partial charge >= 0.3 is 11.9 Å². The molecule has 4 N–H and O–H groups in total. The zero-order valence-electron chi connectivity index (χ0n) is 17.0. The van der Waals surface area contributed by atoms with Gasteiger partial charge in [-0.1, -0.05) is 12.1 Å². The van der Waals surface area contributed by atoms with E-state index in [2.05, 4.69) is 20.2 Å². The van der Waals surface area contributed by atoms with Gasteiger partial charge in [-0.2, -0.15) is 4.72 Å². The van der Waals surface area contributed by atoms with E-state index in [9.17, 15) is 18.0 Å². The lowest BCUT2D eigenvalue weighted by molar-refractivity contribution is -0.160. The lowest BCUT2D eigenvalue weighted by atomic mass is 9.99. The molecule has 0 aliphatic carbocycles. The van der Waals surface area contributed by atoms with Crippen LogP contribution in [0.4, 0.5) is 0 Å². The number of hydrogen-bond donors (Lipinski definition) is 3. The van der Waals surface area contributed by atoms with E-state index in [0.717, 1.165) is 36.5 Å². The molecule has 1 fully saturated rings. The van der Waals surface area contributed by atoms with Crippen molar-refractivity contribution in [3.05, 3.63) is 39.8 Å². The van der Waals surface area contributed by atoms with Crippen LogP contribution in [0.15, 0.2) is 29.2 Å². The van der Waals surface area contributed by atoms with Crippen LogP contribution in [0.2, 0.25) is 0 Å². The van der Waals surface area contributed by atoms with E-state index < -0.39 is 28.0 Å². The van der Waals surface area contributed by atoms with Gasteiger partial charge in [0.15, 0.2) is 0 Å². The number of nitrogens with zero attached hydrogens (tertiary/aromatic N) is 2. The van der Waals surface area contributed by atoms with Gasteiger partial charge in [0.25, 0.3) is 0 Å². The second kappa shape index (κ2) is 10.4. The normalized spacial score (nSPS) is 16.1. The van der Waals surface area contributed by atoms with E-state index in [1.165, 1.54) is 23.5 Å². The molecule has 1 aliphatic rings. The zero-order chi connectivity index (χ0) is 22.4. The molecule has 1 aliphatic heterocycles. The van der Waals surface area contributed by atoms with Gasteiger partial charge < -0.3 is 15.8 Å². The quantitative estimate of drug-likeness (QED) is 0.366. The molecular formula is C19H25N5O5S2. The van der Waals surface area contributed by atoms with Crippen LogP contribution in [-0.2, 0) is 30.8 Å². The van der Waals surface area contributed by atoms with Gasteiger partial charge in [0, 0.05) is 12.5 Å². The number of carbonyl (C=O) groups is 2. The molecule has 1 saturated heterocycles. The number of sulfonamides is 1. The zero-order valence-corrected chi connectivity index (χ0v) is 18.7. The number of aryl methyl sites for hydroxylation is 1. The molecule has 1 atom stereocenters. The standard InChI is InChI=1S/C19H25N5O5S2/c1-12-3-2-4-14(9-12)31(27,28)24-15(11-20)19(26)29-17(25)10-16-22-23-18(30-16)13-5-7-21-8-6-13/h2-4,9,13,15,21,24H,5-8,10-11,20H2,1H3. The molecule has 0 radical (unpaired) electrons. The maximum atomic E-state index is 12.5. The van der Waals surface area contributed by atoms with Gasteiger partial charge in [-0.3, -0.25) is 4.79 Å². The molecule has 12 heteroatoms. The van der Waals surface area contributed by atoms with Crippen LogP contribution in [0.3, 0.4) is 0 Å². The topological polar surface area (TPSA) is 153 Å². The largest absolute Gasteiger partial charge is 0.392 e. The van der Waals surface area contributed by atoms with Gasteiger partial charge in [-0.25, -0.2) is 13.2 Å². The maximum Gasteiger partial charge on any atom is 0.333 e. The third-order valence-electron chi connectivity index (χ3n) is 4.80. The van der Waals surface area contributed by atoms with Crippen LogP contribution < -0.4 is 15.8 Å². The van der Waals surface area contributed by atoms with E-state index in [0.29, 0.717) is 10.9 Å². The number of piperidine rings is 1. The van der Waals surface area contributed by atoms with Gasteiger partial charge in [0.05, 0.1) is 4.90 Å². The molecule has 31 heavy (non-hydrogen) atoms. The molecule has 1 unspecified atom stereocenters. The van der Waals surface area contributed by atoms with E-state index in [-0.39, 0.29) is 17.9 Å². The van der Waals surface area contributed by atoms with Gasteiger partial charge in [-0.15, -0.1) is 21.5 Å². The van der Waals surface area contributed by atoms with Crippen LogP contribution in [0.1, 0.15) is 34.3 Å². The van der Waals surface area contributed by atoms with E-state index in [1.807, 2.05) is 0 Å². The number of aromatic nitrogens is 2. The van der Waals surface area contributed by atoms with Crippen molar-refractivity contribution in [3.63, 3.8) is 0 Å². The Labute approximate surface area is 184 Å². The summed E-state index contributed by atoms with van der Waals surface area (Å²) in [5.74, 6) is -1.60. The third-order valence-corrected chi connectivity index (χ3v) is 7.35. The highest BCUT2D eigenvalue weighted by atomic mass is 32.2. The smallest absolute Gasteiger partial charge is 0.333 e. The summed E-state index contributed by atoms with van der Waals surface area (Å²) in [7, 11) is -4.01. The fraction of sp³-hybridized carbons (Fsp3) is 0.474.